The van der Waals surface area contributed by atoms with Crippen molar-refractivity contribution in [3.8, 4) is 5.75 Å². The molecule has 0 saturated carbocycles. The topological polar surface area (TPSA) is 85.2 Å². The third-order valence-corrected chi connectivity index (χ3v) is 5.66. The third-order valence-electron chi connectivity index (χ3n) is 5.66. The van der Waals surface area contributed by atoms with E-state index < -0.39 is 0 Å². The Morgan fingerprint density at radius 3 is 2.46 bits per heavy atom. The number of hydrogen-bond acceptors (Lipinski definition) is 4. The summed E-state index contributed by atoms with van der Waals surface area (Å²) in [6.45, 7) is 5.19. The van der Waals surface area contributed by atoms with E-state index in [-0.39, 0.29) is 18.4 Å². The molecule has 7 nitrogen and oxygen atoms in total. The summed E-state index contributed by atoms with van der Waals surface area (Å²) in [6.07, 6.45) is 1.35. The molecule has 35 heavy (non-hydrogen) atoms. The van der Waals surface area contributed by atoms with Gasteiger partial charge in [-0.1, -0.05) is 29.8 Å². The van der Waals surface area contributed by atoms with Crippen molar-refractivity contribution >= 4 is 28.5 Å². The highest BCUT2D eigenvalue weighted by Crippen LogP contribution is 2.19. The lowest BCUT2D eigenvalue weighted by atomic mass is 10.1. The first-order chi connectivity index (χ1) is 17.0. The number of ether oxygens (including phenoxy) is 1. The number of nitrogens with one attached hydrogen (secondary N) is 2. The van der Waals surface area contributed by atoms with E-state index in [2.05, 4.69) is 10.6 Å². The van der Waals surface area contributed by atoms with Crippen molar-refractivity contribution in [2.75, 3.05) is 18.5 Å². The molecule has 180 valence electrons. The Bertz CT molecular complexity index is 1290. The van der Waals surface area contributed by atoms with Crippen LogP contribution in [0.4, 0.5) is 5.69 Å². The number of amides is 2. The molecule has 0 bridgehead atoms. The van der Waals surface area contributed by atoms with Gasteiger partial charge in [0.15, 0.2) is 0 Å². The summed E-state index contributed by atoms with van der Waals surface area (Å²) in [6, 6.07) is 22.6. The van der Waals surface area contributed by atoms with Gasteiger partial charge in [0.1, 0.15) is 18.1 Å². The van der Waals surface area contributed by atoms with Crippen LogP contribution in [0.5, 0.6) is 5.75 Å². The van der Waals surface area contributed by atoms with Gasteiger partial charge in [0.05, 0.1) is 17.6 Å². The van der Waals surface area contributed by atoms with Gasteiger partial charge in [0.2, 0.25) is 5.91 Å². The molecule has 0 spiro atoms. The number of para-hydroxylation sites is 2. The number of rotatable bonds is 10. The molecule has 4 aromatic rings. The Morgan fingerprint density at radius 2 is 1.71 bits per heavy atom. The molecule has 0 unspecified atom stereocenters. The van der Waals surface area contributed by atoms with Crippen LogP contribution in [0.3, 0.4) is 0 Å². The van der Waals surface area contributed by atoms with Crippen LogP contribution in [0, 0.1) is 6.92 Å². The summed E-state index contributed by atoms with van der Waals surface area (Å²) in [7, 11) is 0. The fraction of sp³-hybridized carbons (Fsp3) is 0.250. The van der Waals surface area contributed by atoms with Crippen molar-refractivity contribution in [1.82, 2.24) is 14.9 Å². The maximum absolute atomic E-state index is 12.8. The van der Waals surface area contributed by atoms with Crippen molar-refractivity contribution in [3.05, 3.63) is 89.7 Å². The fourth-order valence-electron chi connectivity index (χ4n) is 3.89. The van der Waals surface area contributed by atoms with Crippen LogP contribution in [0.25, 0.3) is 11.0 Å². The molecule has 1 aromatic heterocycles. The van der Waals surface area contributed by atoms with Crippen LogP contribution in [0.15, 0.2) is 72.8 Å². The standard InChI is InChI=1S/C28H30N4O3/c1-3-35-23-16-14-22(15-17-23)30-27(33)19-32-25-8-5-4-7-24(25)31-26(32)9-6-18-29-28(34)21-12-10-20(2)11-13-21/h4-5,7-8,10-17H,3,6,9,18-19H2,1-2H3,(H,29,34)(H,30,33). The molecular formula is C28H30N4O3. The van der Waals surface area contributed by atoms with Gasteiger partial charge in [-0.25, -0.2) is 4.98 Å². The largest absolute Gasteiger partial charge is 0.494 e. The number of anilines is 1. The average Bonchev–Trinajstić information content (AvgIpc) is 3.20. The van der Waals surface area contributed by atoms with Crippen molar-refractivity contribution in [2.24, 2.45) is 0 Å². The Kier molecular flexibility index (Phi) is 7.77. The van der Waals surface area contributed by atoms with Gasteiger partial charge in [0, 0.05) is 24.2 Å². The molecule has 0 fully saturated rings. The Balaban J connectivity index is 1.38. The highest BCUT2D eigenvalue weighted by Gasteiger charge is 2.14. The Hall–Kier alpha value is -4.13. The minimum atomic E-state index is -0.133. The molecule has 7 heteroatoms. The highest BCUT2D eigenvalue weighted by molar-refractivity contribution is 5.94. The first-order valence-electron chi connectivity index (χ1n) is 11.8. The van der Waals surface area contributed by atoms with Crippen LogP contribution in [0.2, 0.25) is 0 Å². The lowest BCUT2D eigenvalue weighted by molar-refractivity contribution is -0.116. The summed E-state index contributed by atoms with van der Waals surface area (Å²) in [5.41, 5.74) is 4.23. The summed E-state index contributed by atoms with van der Waals surface area (Å²) in [4.78, 5) is 29.9. The number of carbonyl (C=O) groups is 2. The van der Waals surface area contributed by atoms with E-state index in [9.17, 15) is 9.59 Å². The van der Waals surface area contributed by atoms with E-state index in [1.54, 1.807) is 0 Å². The quantitative estimate of drug-likeness (QED) is 0.328. The van der Waals surface area contributed by atoms with E-state index in [0.29, 0.717) is 37.2 Å². The third kappa shape index (κ3) is 6.26. The second kappa shape index (κ2) is 11.3. The lowest BCUT2D eigenvalue weighted by Crippen LogP contribution is -2.25. The number of aromatic nitrogens is 2. The number of nitrogens with zero attached hydrogens (tertiary/aromatic N) is 2. The van der Waals surface area contributed by atoms with Gasteiger partial charge >= 0.3 is 0 Å². The van der Waals surface area contributed by atoms with Crippen LogP contribution < -0.4 is 15.4 Å². The number of fused-ring (bicyclic) bond motifs is 1. The summed E-state index contributed by atoms with van der Waals surface area (Å²) >= 11 is 0. The minimum absolute atomic E-state index is 0.0896. The first kappa shape index (κ1) is 24.0. The predicted molar refractivity (Wildman–Crippen MR) is 138 cm³/mol. The molecule has 3 aromatic carbocycles. The van der Waals surface area contributed by atoms with Gasteiger partial charge in [-0.05, 0) is 68.8 Å². The molecule has 0 atom stereocenters. The second-order valence-electron chi connectivity index (χ2n) is 8.33. The van der Waals surface area contributed by atoms with E-state index >= 15 is 0 Å². The predicted octanol–water partition coefficient (Wildman–Crippen LogP) is 4.74. The summed E-state index contributed by atoms with van der Waals surface area (Å²) in [5.74, 6) is 1.36. The molecule has 2 amide bonds. The second-order valence-corrected chi connectivity index (χ2v) is 8.33. The van der Waals surface area contributed by atoms with Gasteiger partial charge < -0.3 is 19.9 Å². The first-order valence-corrected chi connectivity index (χ1v) is 11.8. The molecule has 4 rings (SSSR count). The molecular weight excluding hydrogens is 440 g/mol. The smallest absolute Gasteiger partial charge is 0.251 e. The maximum Gasteiger partial charge on any atom is 0.251 e. The molecule has 2 N–H and O–H groups in total. The van der Waals surface area contributed by atoms with Gasteiger partial charge in [0.25, 0.3) is 5.91 Å². The van der Waals surface area contributed by atoms with E-state index in [1.165, 1.54) is 0 Å². The maximum atomic E-state index is 12.8. The van der Waals surface area contributed by atoms with Crippen molar-refractivity contribution in [3.63, 3.8) is 0 Å². The lowest BCUT2D eigenvalue weighted by Gasteiger charge is -2.11. The van der Waals surface area contributed by atoms with E-state index in [0.717, 1.165) is 28.2 Å². The van der Waals surface area contributed by atoms with Gasteiger partial charge in [-0.2, -0.15) is 0 Å². The van der Waals surface area contributed by atoms with Crippen LogP contribution in [0.1, 0.15) is 35.1 Å². The number of benzene rings is 3. The van der Waals surface area contributed by atoms with Crippen molar-refractivity contribution in [1.29, 1.82) is 0 Å². The summed E-state index contributed by atoms with van der Waals surface area (Å²) < 4.78 is 7.40. The Morgan fingerprint density at radius 1 is 0.971 bits per heavy atom. The number of hydrogen-bond donors (Lipinski definition) is 2. The normalized spacial score (nSPS) is 10.8. The van der Waals surface area contributed by atoms with E-state index in [1.807, 2.05) is 91.2 Å². The van der Waals surface area contributed by atoms with Crippen molar-refractivity contribution < 1.29 is 14.3 Å². The monoisotopic (exact) mass is 470 g/mol. The molecule has 0 aliphatic carbocycles. The minimum Gasteiger partial charge on any atom is -0.494 e. The van der Waals surface area contributed by atoms with Crippen molar-refractivity contribution in [2.45, 2.75) is 33.2 Å². The molecule has 0 saturated heterocycles. The zero-order valence-corrected chi connectivity index (χ0v) is 20.1. The zero-order valence-electron chi connectivity index (χ0n) is 20.1. The molecule has 0 aliphatic heterocycles. The number of carbonyl (C=O) groups excluding carboxylic acids is 2. The SMILES string of the molecule is CCOc1ccc(NC(=O)Cn2c(CCCNC(=O)c3ccc(C)cc3)nc3ccccc32)cc1. The molecule has 0 radical (unpaired) electrons. The van der Waals surface area contributed by atoms with Crippen LogP contribution in [-0.2, 0) is 17.8 Å². The summed E-state index contributed by atoms with van der Waals surface area (Å²) in [5, 5.41) is 5.91. The average molecular weight is 471 g/mol. The van der Waals surface area contributed by atoms with Crippen LogP contribution in [-0.4, -0.2) is 34.5 Å². The highest BCUT2D eigenvalue weighted by atomic mass is 16.5. The number of aryl methyl sites for hydroxylation is 2. The Labute approximate surface area is 205 Å². The number of imidazole rings is 1. The zero-order chi connectivity index (χ0) is 24.6. The molecule has 0 aliphatic rings. The molecule has 1 heterocycles. The van der Waals surface area contributed by atoms with Gasteiger partial charge in [-0.15, -0.1) is 0 Å². The fourth-order valence-corrected chi connectivity index (χ4v) is 3.89. The van der Waals surface area contributed by atoms with Crippen LogP contribution >= 0.6 is 0 Å². The van der Waals surface area contributed by atoms with Gasteiger partial charge in [-0.3, -0.25) is 9.59 Å². The van der Waals surface area contributed by atoms with E-state index in [4.69, 9.17) is 9.72 Å².